The molecule has 0 bridgehead atoms. The van der Waals surface area contributed by atoms with Crippen LogP contribution >= 0.6 is 0 Å². The second kappa shape index (κ2) is 27.5. The number of unbranched alkanes of at least 4 members (excludes halogenated alkanes) is 17. The van der Waals surface area contributed by atoms with E-state index in [0.717, 1.165) is 37.1 Å². The fourth-order valence-electron chi connectivity index (χ4n) is 6.22. The molecule has 0 spiro atoms. The van der Waals surface area contributed by atoms with Crippen LogP contribution in [0.5, 0.6) is 0 Å². The summed E-state index contributed by atoms with van der Waals surface area (Å²) in [7, 11) is 0. The van der Waals surface area contributed by atoms with Crippen molar-refractivity contribution in [2.24, 2.45) is 9.98 Å². The molecule has 0 aliphatic heterocycles. The molecule has 2 rings (SSSR count). The van der Waals surface area contributed by atoms with Crippen molar-refractivity contribution in [3.05, 3.63) is 59.2 Å². The monoisotopic (exact) mass is 706 g/mol. The summed E-state index contributed by atoms with van der Waals surface area (Å²) in [5, 5.41) is 0. The summed E-state index contributed by atoms with van der Waals surface area (Å²) in [5.74, 6) is 0. The number of rotatable bonds is 26. The van der Waals surface area contributed by atoms with Crippen LogP contribution in [0.25, 0.3) is 0 Å². The number of nitrogens with zero attached hydrogens (tertiary/aromatic N) is 2. The zero-order valence-corrected chi connectivity index (χ0v) is 31.6. The maximum absolute atomic E-state index is 5.28. The maximum Gasteiger partial charge on any atom is 2.00 e. The molecule has 0 fully saturated rings. The van der Waals surface area contributed by atoms with Gasteiger partial charge in [-0.15, -0.1) is 0 Å². The fourth-order valence-corrected chi connectivity index (χ4v) is 6.22. The van der Waals surface area contributed by atoms with E-state index in [9.17, 15) is 0 Å². The molecule has 0 N–H and O–H groups in total. The van der Waals surface area contributed by atoms with Crippen LogP contribution in [0.2, 0.25) is 0 Å². The van der Waals surface area contributed by atoms with E-state index >= 15 is 0 Å². The number of hydrogen-bond acceptors (Lipinski definition) is 2. The first-order chi connectivity index (χ1) is 21.5. The van der Waals surface area contributed by atoms with Gasteiger partial charge in [0.2, 0.25) is 0 Å². The molecular weight excluding hydrogens is 639 g/mol. The molecule has 45 heavy (non-hydrogen) atoms. The summed E-state index contributed by atoms with van der Waals surface area (Å²) in [4.78, 5) is 10.5. The van der Waals surface area contributed by atoms with Crippen LogP contribution in [-0.2, 0) is 26.8 Å². The van der Waals surface area contributed by atoms with E-state index < -0.39 is 0 Å². The van der Waals surface area contributed by atoms with E-state index in [0.29, 0.717) is 0 Å². The topological polar surface area (TPSA) is 24.7 Å². The normalized spacial score (nSPS) is 12.0. The Morgan fingerprint density at radius 2 is 0.911 bits per heavy atom. The van der Waals surface area contributed by atoms with Crippen LogP contribution in [0.3, 0.4) is 0 Å². The van der Waals surface area contributed by atoms with Gasteiger partial charge in [0.1, 0.15) is 0 Å². The zero-order valence-electron chi connectivity index (χ0n) is 30.0. The van der Waals surface area contributed by atoms with Crippen LogP contribution < -0.4 is 0 Å². The first-order valence-electron chi connectivity index (χ1n) is 18.9. The van der Waals surface area contributed by atoms with Gasteiger partial charge in [-0.3, -0.25) is 9.98 Å². The van der Waals surface area contributed by atoms with E-state index in [-0.39, 0.29) is 20.4 Å². The minimum Gasteiger partial charge on any atom is -0.252 e. The van der Waals surface area contributed by atoms with Crippen LogP contribution in [0.15, 0.2) is 52.4 Å². The Bertz CT molecular complexity index is 1050. The molecule has 0 heterocycles. The van der Waals surface area contributed by atoms with Gasteiger partial charge in [-0.25, -0.2) is 0 Å². The predicted octanol–water partition coefficient (Wildman–Crippen LogP) is 14.3. The first-order valence-corrected chi connectivity index (χ1v) is 18.9. The molecule has 0 saturated carbocycles. The van der Waals surface area contributed by atoms with Gasteiger partial charge < -0.3 is 0 Å². The Hall–Kier alpha value is -1.56. The minimum atomic E-state index is 0. The molecule has 2 aromatic carbocycles. The van der Waals surface area contributed by atoms with E-state index in [1.54, 1.807) is 0 Å². The van der Waals surface area contributed by atoms with Gasteiger partial charge in [0.25, 0.3) is 0 Å². The second-order valence-corrected chi connectivity index (χ2v) is 13.4. The second-order valence-electron chi connectivity index (χ2n) is 13.4. The molecule has 0 aromatic heterocycles. The largest absolute Gasteiger partial charge is 2.00 e. The standard InChI is InChI=1S/C42H68N2.Pd/c1-6-9-12-13-14-15-16-17-18-19-20-21-22-23-25-27-38-28-26-29-39(35-38)43-41(30-11-8-3)42(31-24-10-7-2)44-40-33-36(4)32-37(5)34-40;/h26,28-29,32-35H,6-25,27,30-31H2,1-5H3;/q;+2. The SMILES string of the molecule is CCCCCCCCCCCCCCCCCc1cccc(N=C(CCCC)C(CCCCC)=Nc2cc(C)cc(C)c2)c1.[Pd+2]. The summed E-state index contributed by atoms with van der Waals surface area (Å²) in [6, 6.07) is 15.7. The molecule has 0 atom stereocenters. The van der Waals surface area contributed by atoms with Crippen LogP contribution in [0.1, 0.15) is 179 Å². The van der Waals surface area contributed by atoms with Crippen molar-refractivity contribution < 1.29 is 20.4 Å². The van der Waals surface area contributed by atoms with Crippen LogP contribution in [0.4, 0.5) is 11.4 Å². The minimum absolute atomic E-state index is 0. The van der Waals surface area contributed by atoms with Gasteiger partial charge >= 0.3 is 20.4 Å². The number of aryl methyl sites for hydroxylation is 3. The average molecular weight is 707 g/mol. The Morgan fingerprint density at radius 1 is 0.467 bits per heavy atom. The molecule has 2 aromatic rings. The predicted molar refractivity (Wildman–Crippen MR) is 199 cm³/mol. The molecule has 254 valence electrons. The molecule has 0 radical (unpaired) electrons. The average Bonchev–Trinajstić information content (AvgIpc) is 3.00. The van der Waals surface area contributed by atoms with Crippen LogP contribution in [0, 0.1) is 13.8 Å². The molecule has 3 heteroatoms. The molecule has 0 aliphatic rings. The third-order valence-electron chi connectivity index (χ3n) is 8.83. The quantitative estimate of drug-likeness (QED) is 0.0528. The third-order valence-corrected chi connectivity index (χ3v) is 8.83. The fraction of sp³-hybridized carbons (Fsp3) is 0.667. The smallest absolute Gasteiger partial charge is 0.252 e. The van der Waals surface area contributed by atoms with Gasteiger partial charge in [0.15, 0.2) is 0 Å². The molecule has 2 nitrogen and oxygen atoms in total. The molecule has 0 amide bonds. The van der Waals surface area contributed by atoms with Crippen molar-refractivity contribution in [1.82, 2.24) is 0 Å². The van der Waals surface area contributed by atoms with E-state index in [2.05, 4.69) is 77.1 Å². The Labute approximate surface area is 293 Å². The Balaban J connectivity index is 0.0000101. The first kappa shape index (κ1) is 41.5. The van der Waals surface area contributed by atoms with E-state index in [1.165, 1.54) is 150 Å². The Morgan fingerprint density at radius 3 is 1.44 bits per heavy atom. The van der Waals surface area contributed by atoms with Gasteiger partial charge in [-0.05, 0) is 93.3 Å². The zero-order chi connectivity index (χ0) is 31.7. The van der Waals surface area contributed by atoms with Crippen LogP contribution in [-0.4, -0.2) is 11.4 Å². The summed E-state index contributed by atoms with van der Waals surface area (Å²) in [5.41, 5.74) is 8.51. The molecule has 0 saturated heterocycles. The summed E-state index contributed by atoms with van der Waals surface area (Å²) >= 11 is 0. The maximum atomic E-state index is 5.28. The van der Waals surface area contributed by atoms with Gasteiger partial charge in [0, 0.05) is 0 Å². The van der Waals surface area contributed by atoms with Crippen molar-refractivity contribution in [2.75, 3.05) is 0 Å². The van der Waals surface area contributed by atoms with Gasteiger partial charge in [-0.1, -0.05) is 148 Å². The van der Waals surface area contributed by atoms with Crippen molar-refractivity contribution in [3.63, 3.8) is 0 Å². The number of benzene rings is 2. The number of hydrogen-bond donors (Lipinski definition) is 0. The summed E-state index contributed by atoms with van der Waals surface area (Å²) < 4.78 is 0. The molecule has 0 unspecified atom stereocenters. The Kier molecular flexibility index (Phi) is 25.4. The summed E-state index contributed by atoms with van der Waals surface area (Å²) in [6.07, 6.45) is 30.3. The van der Waals surface area contributed by atoms with Crippen molar-refractivity contribution in [1.29, 1.82) is 0 Å². The molecule has 0 aliphatic carbocycles. The summed E-state index contributed by atoms with van der Waals surface area (Å²) in [6.45, 7) is 11.2. The van der Waals surface area contributed by atoms with E-state index in [1.807, 2.05) is 0 Å². The van der Waals surface area contributed by atoms with Crippen molar-refractivity contribution in [2.45, 2.75) is 182 Å². The third kappa shape index (κ3) is 20.3. The van der Waals surface area contributed by atoms with Gasteiger partial charge in [0.05, 0.1) is 22.8 Å². The van der Waals surface area contributed by atoms with E-state index in [4.69, 9.17) is 9.98 Å². The van der Waals surface area contributed by atoms with Crippen molar-refractivity contribution in [3.8, 4) is 0 Å². The molecular formula is C42H68N2Pd+2. The van der Waals surface area contributed by atoms with Gasteiger partial charge in [-0.2, -0.15) is 0 Å². The number of aliphatic imine (C=N–C) groups is 2. The van der Waals surface area contributed by atoms with Crippen molar-refractivity contribution >= 4 is 22.8 Å².